The molecule has 114 valence electrons. The van der Waals surface area contributed by atoms with Gasteiger partial charge in [0.25, 0.3) is 0 Å². The van der Waals surface area contributed by atoms with Crippen molar-refractivity contribution in [3.05, 3.63) is 53.7 Å². The molecule has 0 radical (unpaired) electrons. The Morgan fingerprint density at radius 3 is 3.05 bits per heavy atom. The SMILES string of the molecule is Cl.Cn1cc(C(=O)[C@H]2CCc3[nH]cnc3C2)c2ccccc21. The number of imidazole rings is 1. The number of H-pyrrole nitrogens is 1. The van der Waals surface area contributed by atoms with E-state index in [4.69, 9.17) is 0 Å². The Labute approximate surface area is 135 Å². The van der Waals surface area contributed by atoms with Gasteiger partial charge in [0.15, 0.2) is 5.78 Å². The van der Waals surface area contributed by atoms with Crippen LogP contribution in [0.2, 0.25) is 0 Å². The maximum Gasteiger partial charge on any atom is 0.168 e. The zero-order valence-corrected chi connectivity index (χ0v) is 13.2. The van der Waals surface area contributed by atoms with Crippen LogP contribution in [0.3, 0.4) is 0 Å². The molecule has 1 aromatic carbocycles. The van der Waals surface area contributed by atoms with Crippen LogP contribution in [-0.4, -0.2) is 20.3 Å². The molecular weight excluding hydrogens is 298 g/mol. The molecule has 5 heteroatoms. The van der Waals surface area contributed by atoms with Crippen LogP contribution in [0.15, 0.2) is 36.8 Å². The number of ketones is 1. The number of aromatic nitrogens is 3. The van der Waals surface area contributed by atoms with Gasteiger partial charge in [0.1, 0.15) is 0 Å². The fourth-order valence-electron chi connectivity index (χ4n) is 3.38. The van der Waals surface area contributed by atoms with Crippen LogP contribution in [0.1, 0.15) is 28.2 Å². The second-order valence-corrected chi connectivity index (χ2v) is 5.80. The lowest BCUT2D eigenvalue weighted by molar-refractivity contribution is 0.0909. The van der Waals surface area contributed by atoms with E-state index >= 15 is 0 Å². The fraction of sp³-hybridized carbons (Fsp3) is 0.294. The van der Waals surface area contributed by atoms with Gasteiger partial charge in [-0.25, -0.2) is 4.98 Å². The number of benzene rings is 1. The minimum Gasteiger partial charge on any atom is -0.350 e. The molecule has 1 aliphatic rings. The molecule has 2 heterocycles. The molecule has 0 fully saturated rings. The topological polar surface area (TPSA) is 50.7 Å². The van der Waals surface area contributed by atoms with Crippen LogP contribution >= 0.6 is 12.4 Å². The molecule has 22 heavy (non-hydrogen) atoms. The van der Waals surface area contributed by atoms with Crippen molar-refractivity contribution in [1.82, 2.24) is 14.5 Å². The van der Waals surface area contributed by atoms with Crippen molar-refractivity contribution >= 4 is 29.1 Å². The Bertz CT molecular complexity index is 833. The van der Waals surface area contributed by atoms with Gasteiger partial charge in [-0.15, -0.1) is 12.4 Å². The van der Waals surface area contributed by atoms with Gasteiger partial charge in [0, 0.05) is 47.7 Å². The van der Waals surface area contributed by atoms with Crippen LogP contribution < -0.4 is 0 Å². The van der Waals surface area contributed by atoms with E-state index in [0.29, 0.717) is 0 Å². The van der Waals surface area contributed by atoms with Gasteiger partial charge in [-0.3, -0.25) is 4.79 Å². The van der Waals surface area contributed by atoms with Crippen molar-refractivity contribution < 1.29 is 4.79 Å². The molecule has 0 unspecified atom stereocenters. The predicted molar refractivity (Wildman–Crippen MR) is 88.6 cm³/mol. The van der Waals surface area contributed by atoms with Crippen LogP contribution in [0, 0.1) is 5.92 Å². The summed E-state index contributed by atoms with van der Waals surface area (Å²) in [7, 11) is 1.99. The number of hydrogen-bond acceptors (Lipinski definition) is 2. The lowest BCUT2D eigenvalue weighted by Gasteiger charge is -2.19. The normalized spacial score (nSPS) is 17.0. The minimum absolute atomic E-state index is 0. The van der Waals surface area contributed by atoms with Crippen molar-refractivity contribution in [2.45, 2.75) is 19.3 Å². The molecule has 2 aromatic heterocycles. The van der Waals surface area contributed by atoms with Crippen molar-refractivity contribution in [2.75, 3.05) is 0 Å². The van der Waals surface area contributed by atoms with E-state index in [0.717, 1.165) is 41.4 Å². The summed E-state index contributed by atoms with van der Waals surface area (Å²) in [6, 6.07) is 8.09. The number of hydrogen-bond donors (Lipinski definition) is 1. The first-order valence-corrected chi connectivity index (χ1v) is 7.33. The second-order valence-electron chi connectivity index (χ2n) is 5.80. The quantitative estimate of drug-likeness (QED) is 0.738. The summed E-state index contributed by atoms with van der Waals surface area (Å²) in [6.45, 7) is 0. The average Bonchev–Trinajstić information content (AvgIpc) is 3.11. The summed E-state index contributed by atoms with van der Waals surface area (Å²) in [6.07, 6.45) is 6.26. The zero-order chi connectivity index (χ0) is 14.4. The number of nitrogens with zero attached hydrogens (tertiary/aromatic N) is 2. The minimum atomic E-state index is 0. The van der Waals surface area contributed by atoms with Gasteiger partial charge in [0.2, 0.25) is 0 Å². The van der Waals surface area contributed by atoms with Crippen LogP contribution in [0.25, 0.3) is 10.9 Å². The number of carbonyl (C=O) groups is 1. The molecule has 0 amide bonds. The third-order valence-electron chi connectivity index (χ3n) is 4.52. The molecule has 3 aromatic rings. The van der Waals surface area contributed by atoms with E-state index in [1.165, 1.54) is 5.69 Å². The van der Waals surface area contributed by atoms with Gasteiger partial charge in [-0.05, 0) is 18.9 Å². The molecule has 0 aliphatic heterocycles. The summed E-state index contributed by atoms with van der Waals surface area (Å²) in [5, 5.41) is 1.05. The Balaban J connectivity index is 0.00000144. The largest absolute Gasteiger partial charge is 0.350 e. The number of Topliss-reactive ketones (excluding diaryl/α,β-unsaturated/α-hetero) is 1. The highest BCUT2D eigenvalue weighted by molar-refractivity contribution is 6.09. The van der Waals surface area contributed by atoms with Gasteiger partial charge in [0.05, 0.1) is 12.0 Å². The second kappa shape index (κ2) is 5.61. The number of fused-ring (bicyclic) bond motifs is 2. The Morgan fingerprint density at radius 1 is 1.36 bits per heavy atom. The standard InChI is InChI=1S/C17H17N3O.ClH/c1-20-9-13(12-4-2-3-5-16(12)20)17(21)11-6-7-14-15(8-11)19-10-18-14;/h2-5,9-11H,6-8H2,1H3,(H,18,19);1H/t11-;/m0./s1. The molecule has 0 spiro atoms. The van der Waals surface area contributed by atoms with Crippen molar-refractivity contribution in [1.29, 1.82) is 0 Å². The van der Waals surface area contributed by atoms with E-state index in [9.17, 15) is 4.79 Å². The lowest BCUT2D eigenvalue weighted by atomic mass is 9.84. The summed E-state index contributed by atoms with van der Waals surface area (Å²) in [5.74, 6) is 0.298. The summed E-state index contributed by atoms with van der Waals surface area (Å²) < 4.78 is 2.03. The molecule has 1 aliphatic carbocycles. The van der Waals surface area contributed by atoms with Gasteiger partial charge in [-0.2, -0.15) is 0 Å². The lowest BCUT2D eigenvalue weighted by Crippen LogP contribution is -2.22. The highest BCUT2D eigenvalue weighted by Gasteiger charge is 2.28. The summed E-state index contributed by atoms with van der Waals surface area (Å²) in [5.41, 5.74) is 4.20. The van der Waals surface area contributed by atoms with E-state index in [-0.39, 0.29) is 24.1 Å². The van der Waals surface area contributed by atoms with E-state index in [2.05, 4.69) is 16.0 Å². The van der Waals surface area contributed by atoms with E-state index in [1.807, 2.05) is 36.0 Å². The molecular formula is C17H18ClN3O. The van der Waals surface area contributed by atoms with Crippen molar-refractivity contribution in [3.8, 4) is 0 Å². The number of para-hydroxylation sites is 1. The molecule has 4 nitrogen and oxygen atoms in total. The monoisotopic (exact) mass is 315 g/mol. The third-order valence-corrected chi connectivity index (χ3v) is 4.52. The van der Waals surface area contributed by atoms with Gasteiger partial charge >= 0.3 is 0 Å². The molecule has 1 N–H and O–H groups in total. The van der Waals surface area contributed by atoms with Gasteiger partial charge in [-0.1, -0.05) is 18.2 Å². The fourth-order valence-corrected chi connectivity index (χ4v) is 3.38. The average molecular weight is 316 g/mol. The maximum absolute atomic E-state index is 12.9. The Hall–Kier alpha value is -2.07. The number of nitrogens with one attached hydrogen (secondary N) is 1. The van der Waals surface area contributed by atoms with Crippen LogP contribution in [0.4, 0.5) is 0 Å². The van der Waals surface area contributed by atoms with E-state index in [1.54, 1.807) is 6.33 Å². The number of aryl methyl sites for hydroxylation is 2. The first kappa shape index (κ1) is 14.9. The van der Waals surface area contributed by atoms with Crippen LogP contribution in [0.5, 0.6) is 0 Å². The van der Waals surface area contributed by atoms with E-state index < -0.39 is 0 Å². The maximum atomic E-state index is 12.9. The molecule has 4 rings (SSSR count). The summed E-state index contributed by atoms with van der Waals surface area (Å²) >= 11 is 0. The van der Waals surface area contributed by atoms with Crippen molar-refractivity contribution in [3.63, 3.8) is 0 Å². The van der Waals surface area contributed by atoms with Gasteiger partial charge < -0.3 is 9.55 Å². The zero-order valence-electron chi connectivity index (χ0n) is 12.4. The molecule has 1 atom stereocenters. The molecule has 0 saturated carbocycles. The Morgan fingerprint density at radius 2 is 2.18 bits per heavy atom. The highest BCUT2D eigenvalue weighted by atomic mass is 35.5. The molecule has 0 bridgehead atoms. The number of carbonyl (C=O) groups excluding carboxylic acids is 1. The summed E-state index contributed by atoms with van der Waals surface area (Å²) in [4.78, 5) is 20.4. The number of aromatic amines is 1. The third kappa shape index (κ3) is 2.24. The van der Waals surface area contributed by atoms with Crippen LogP contribution in [-0.2, 0) is 19.9 Å². The Kier molecular flexibility index (Phi) is 3.79. The first-order valence-electron chi connectivity index (χ1n) is 7.33. The predicted octanol–water partition coefficient (Wildman–Crippen LogP) is 3.31. The first-order chi connectivity index (χ1) is 10.2. The van der Waals surface area contributed by atoms with Crippen molar-refractivity contribution in [2.24, 2.45) is 13.0 Å². The number of halogens is 1. The highest BCUT2D eigenvalue weighted by Crippen LogP contribution is 2.29. The number of rotatable bonds is 2. The molecule has 0 saturated heterocycles. The smallest absolute Gasteiger partial charge is 0.168 e.